The first-order valence-corrected chi connectivity index (χ1v) is 7.94. The summed E-state index contributed by atoms with van der Waals surface area (Å²) in [6, 6.07) is 0. The molecule has 0 aromatic heterocycles. The van der Waals surface area contributed by atoms with Gasteiger partial charge in [0.25, 0.3) is 0 Å². The van der Waals surface area contributed by atoms with Crippen LogP contribution in [0, 0.1) is 5.92 Å². The number of carboxylic acid groups (broad SMARTS) is 1. The number of carbonyl (C=O) groups is 4. The molecular weight excluding hydrogens is 312 g/mol. The second-order valence-electron chi connectivity index (χ2n) is 4.93. The molecule has 22 heavy (non-hydrogen) atoms. The molecule has 0 aliphatic rings. The van der Waals surface area contributed by atoms with Gasteiger partial charge in [-0.1, -0.05) is 19.3 Å². The molecule has 0 radical (unpaired) electrons. The molecule has 126 valence electrons. The minimum Gasteiger partial charge on any atom is -0.481 e. The number of ether oxygens (including phenoxy) is 1. The van der Waals surface area contributed by atoms with Crippen LogP contribution in [0.25, 0.3) is 0 Å². The van der Waals surface area contributed by atoms with E-state index in [0.717, 1.165) is 19.3 Å². The summed E-state index contributed by atoms with van der Waals surface area (Å²) in [5.74, 6) is -3.68. The monoisotopic (exact) mass is 334 g/mol. The molecule has 0 saturated carbocycles. The smallest absolute Gasteiger partial charge is 0.313 e. The highest BCUT2D eigenvalue weighted by molar-refractivity contribution is 6.17. The van der Waals surface area contributed by atoms with E-state index in [9.17, 15) is 19.2 Å². The zero-order valence-corrected chi connectivity index (χ0v) is 13.6. The van der Waals surface area contributed by atoms with Gasteiger partial charge in [0.15, 0.2) is 11.6 Å². The van der Waals surface area contributed by atoms with Gasteiger partial charge in [-0.25, -0.2) is 0 Å². The van der Waals surface area contributed by atoms with Crippen molar-refractivity contribution in [1.82, 2.24) is 0 Å². The minimum atomic E-state index is -1.28. The number of carbonyl (C=O) groups excluding carboxylic acids is 3. The number of hydrogen-bond donors (Lipinski definition) is 1. The molecule has 0 aliphatic heterocycles. The molecule has 0 saturated heterocycles. The van der Waals surface area contributed by atoms with E-state index in [0.29, 0.717) is 12.3 Å². The van der Waals surface area contributed by atoms with E-state index < -0.39 is 42.3 Å². The van der Waals surface area contributed by atoms with E-state index in [2.05, 4.69) is 4.74 Å². The molecule has 1 unspecified atom stereocenters. The zero-order chi connectivity index (χ0) is 17.0. The Morgan fingerprint density at radius 1 is 1.00 bits per heavy atom. The summed E-state index contributed by atoms with van der Waals surface area (Å²) in [5.41, 5.74) is 0. The lowest BCUT2D eigenvalue weighted by atomic mass is 9.89. The van der Waals surface area contributed by atoms with Gasteiger partial charge in [0.05, 0.1) is 12.5 Å². The van der Waals surface area contributed by atoms with Gasteiger partial charge in [0, 0.05) is 5.88 Å². The quantitative estimate of drug-likeness (QED) is 0.240. The van der Waals surface area contributed by atoms with Gasteiger partial charge in [0.2, 0.25) is 0 Å². The maximum absolute atomic E-state index is 12.0. The number of hydrogen-bond acceptors (Lipinski definition) is 5. The normalized spacial score (nSPS) is 11.7. The largest absolute Gasteiger partial charge is 0.481 e. The Kier molecular flexibility index (Phi) is 11.4. The Morgan fingerprint density at radius 2 is 1.59 bits per heavy atom. The van der Waals surface area contributed by atoms with Crippen molar-refractivity contribution in [2.45, 2.75) is 51.9 Å². The Morgan fingerprint density at radius 3 is 2.14 bits per heavy atom. The van der Waals surface area contributed by atoms with Gasteiger partial charge in [-0.05, 0) is 19.8 Å². The van der Waals surface area contributed by atoms with Crippen molar-refractivity contribution < 1.29 is 29.0 Å². The molecule has 0 heterocycles. The summed E-state index contributed by atoms with van der Waals surface area (Å²) in [6.45, 7) is 1.77. The standard InChI is InChI=1S/C15H23ClO6/c1-2-22-15(21)10-13(18)11(12(17)9-14(19)20)7-5-3-4-6-8-16/h11H,2-10H2,1H3,(H,19,20). The third-order valence-corrected chi connectivity index (χ3v) is 3.37. The molecule has 6 nitrogen and oxygen atoms in total. The minimum absolute atomic E-state index is 0.151. The number of halogens is 1. The van der Waals surface area contributed by atoms with E-state index in [1.54, 1.807) is 6.92 Å². The van der Waals surface area contributed by atoms with Crippen LogP contribution < -0.4 is 0 Å². The second-order valence-corrected chi connectivity index (χ2v) is 5.31. The first-order valence-electron chi connectivity index (χ1n) is 7.41. The van der Waals surface area contributed by atoms with Crippen LogP contribution >= 0.6 is 11.6 Å². The fourth-order valence-electron chi connectivity index (χ4n) is 2.05. The van der Waals surface area contributed by atoms with E-state index in [-0.39, 0.29) is 13.0 Å². The molecule has 1 N–H and O–H groups in total. The molecule has 0 bridgehead atoms. The van der Waals surface area contributed by atoms with E-state index >= 15 is 0 Å². The highest BCUT2D eigenvalue weighted by Gasteiger charge is 2.29. The van der Waals surface area contributed by atoms with E-state index in [1.807, 2.05) is 0 Å². The van der Waals surface area contributed by atoms with Gasteiger partial charge in [-0.2, -0.15) is 0 Å². The molecule has 0 fully saturated rings. The van der Waals surface area contributed by atoms with Gasteiger partial charge in [0.1, 0.15) is 12.8 Å². The average molecular weight is 335 g/mol. The molecular formula is C15H23ClO6. The van der Waals surface area contributed by atoms with E-state index in [4.69, 9.17) is 16.7 Å². The lowest BCUT2D eigenvalue weighted by molar-refractivity contribution is -0.147. The number of rotatable bonds is 13. The van der Waals surface area contributed by atoms with Crippen molar-refractivity contribution in [1.29, 1.82) is 0 Å². The molecule has 1 atom stereocenters. The summed E-state index contributed by atoms with van der Waals surface area (Å²) < 4.78 is 4.68. The van der Waals surface area contributed by atoms with Crippen LogP contribution in [0.15, 0.2) is 0 Å². The van der Waals surface area contributed by atoms with Crippen molar-refractivity contribution in [3.05, 3.63) is 0 Å². The number of esters is 1. The predicted octanol–water partition coefficient (Wildman–Crippen LogP) is 2.36. The van der Waals surface area contributed by atoms with Gasteiger partial charge in [-0.3, -0.25) is 19.2 Å². The fourth-order valence-corrected chi connectivity index (χ4v) is 2.24. The summed E-state index contributed by atoms with van der Waals surface area (Å²) in [7, 11) is 0. The Labute approximate surface area is 135 Å². The number of carboxylic acids is 1. The molecule has 0 aromatic rings. The Hall–Kier alpha value is -1.43. The highest BCUT2D eigenvalue weighted by atomic mass is 35.5. The third kappa shape index (κ3) is 9.50. The highest BCUT2D eigenvalue weighted by Crippen LogP contribution is 2.17. The predicted molar refractivity (Wildman–Crippen MR) is 80.8 cm³/mol. The molecule has 7 heteroatoms. The average Bonchev–Trinajstić information content (AvgIpc) is 2.41. The van der Waals surface area contributed by atoms with Gasteiger partial charge in [-0.15, -0.1) is 11.6 Å². The SMILES string of the molecule is CCOC(=O)CC(=O)C(CCCCCCCl)C(=O)CC(=O)O. The molecule has 0 rings (SSSR count). The fraction of sp³-hybridized carbons (Fsp3) is 0.733. The van der Waals surface area contributed by atoms with Crippen LogP contribution in [0.1, 0.15) is 51.9 Å². The van der Waals surface area contributed by atoms with Crippen molar-refractivity contribution in [2.24, 2.45) is 5.92 Å². The first-order chi connectivity index (χ1) is 10.4. The van der Waals surface area contributed by atoms with Crippen molar-refractivity contribution in [3.8, 4) is 0 Å². The number of Topliss-reactive ketones (excluding diaryl/α,β-unsaturated/α-hetero) is 2. The number of alkyl halides is 1. The summed E-state index contributed by atoms with van der Waals surface area (Å²) in [6.07, 6.45) is 2.21. The number of unbranched alkanes of at least 4 members (excludes halogenated alkanes) is 3. The number of aliphatic carboxylic acids is 1. The lowest BCUT2D eigenvalue weighted by Gasteiger charge is -2.13. The lowest BCUT2D eigenvalue weighted by Crippen LogP contribution is -2.28. The van der Waals surface area contributed by atoms with Crippen LogP contribution in [0.2, 0.25) is 0 Å². The van der Waals surface area contributed by atoms with Crippen LogP contribution in [-0.4, -0.2) is 41.1 Å². The van der Waals surface area contributed by atoms with Crippen LogP contribution in [0.5, 0.6) is 0 Å². The summed E-state index contributed by atoms with van der Waals surface area (Å²) in [4.78, 5) is 45.9. The zero-order valence-electron chi connectivity index (χ0n) is 12.8. The topological polar surface area (TPSA) is 97.7 Å². The van der Waals surface area contributed by atoms with Crippen molar-refractivity contribution >= 4 is 35.1 Å². The van der Waals surface area contributed by atoms with Crippen LogP contribution in [-0.2, 0) is 23.9 Å². The summed E-state index contributed by atoms with van der Waals surface area (Å²) >= 11 is 5.56. The third-order valence-electron chi connectivity index (χ3n) is 3.10. The molecule has 0 spiro atoms. The second kappa shape index (κ2) is 12.1. The molecule has 0 aromatic carbocycles. The molecule has 0 amide bonds. The Bertz CT molecular complexity index is 393. The Balaban J connectivity index is 4.56. The van der Waals surface area contributed by atoms with Crippen molar-refractivity contribution in [3.63, 3.8) is 0 Å². The van der Waals surface area contributed by atoms with Crippen molar-refractivity contribution in [2.75, 3.05) is 12.5 Å². The number of ketones is 2. The van der Waals surface area contributed by atoms with Gasteiger partial charge >= 0.3 is 11.9 Å². The van der Waals surface area contributed by atoms with E-state index in [1.165, 1.54) is 0 Å². The van der Waals surface area contributed by atoms with Crippen LogP contribution in [0.3, 0.4) is 0 Å². The first kappa shape index (κ1) is 20.6. The van der Waals surface area contributed by atoms with Crippen LogP contribution in [0.4, 0.5) is 0 Å². The summed E-state index contributed by atoms with van der Waals surface area (Å²) in [5, 5.41) is 8.68. The molecule has 0 aliphatic carbocycles. The maximum atomic E-state index is 12.0. The van der Waals surface area contributed by atoms with Gasteiger partial charge < -0.3 is 9.84 Å². The maximum Gasteiger partial charge on any atom is 0.313 e.